The average Bonchev–Trinajstić information content (AvgIpc) is 2.63. The Morgan fingerprint density at radius 2 is 1.57 bits per heavy atom. The van der Waals surface area contributed by atoms with Crippen LogP contribution in [0.4, 0.5) is 16.2 Å². The molecule has 0 radical (unpaired) electrons. The molecule has 0 spiro atoms. The second-order valence-electron chi connectivity index (χ2n) is 6.90. The van der Waals surface area contributed by atoms with Crippen LogP contribution in [0.2, 0.25) is 5.02 Å². The minimum Gasteiger partial charge on any atom is -0.329 e. The number of rotatable bonds is 6. The first-order chi connectivity index (χ1) is 13.3. The molecule has 2 aromatic rings. The molecule has 2 aromatic carbocycles. The van der Waals surface area contributed by atoms with Gasteiger partial charge in [-0.25, -0.2) is 4.79 Å². The minimum absolute atomic E-state index is 0.123. The van der Waals surface area contributed by atoms with Gasteiger partial charge in [0.25, 0.3) is 0 Å². The fourth-order valence-electron chi connectivity index (χ4n) is 3.35. The Morgan fingerprint density at radius 3 is 2.14 bits per heavy atom. The van der Waals surface area contributed by atoms with E-state index in [1.54, 1.807) is 0 Å². The van der Waals surface area contributed by atoms with Gasteiger partial charge in [0.2, 0.25) is 5.91 Å². The summed E-state index contributed by atoms with van der Waals surface area (Å²) in [5.74, 6) is -0.275. The number of carbonyl (C=O) groups excluding carboxylic acids is 2. The van der Waals surface area contributed by atoms with Crippen LogP contribution >= 0.6 is 11.6 Å². The molecular formula is C22H28ClN3O2. The molecular weight excluding hydrogens is 374 g/mol. The van der Waals surface area contributed by atoms with E-state index in [-0.39, 0.29) is 12.5 Å². The van der Waals surface area contributed by atoms with Crippen LogP contribution in [0.15, 0.2) is 24.3 Å². The van der Waals surface area contributed by atoms with E-state index < -0.39 is 6.03 Å². The lowest BCUT2D eigenvalue weighted by Crippen LogP contribution is -2.36. The predicted molar refractivity (Wildman–Crippen MR) is 117 cm³/mol. The third-order valence-electron chi connectivity index (χ3n) is 4.67. The first-order valence-corrected chi connectivity index (χ1v) is 9.87. The molecule has 0 saturated heterocycles. The van der Waals surface area contributed by atoms with E-state index in [4.69, 9.17) is 11.6 Å². The van der Waals surface area contributed by atoms with Crippen LogP contribution in [0.25, 0.3) is 0 Å². The Hall–Kier alpha value is -2.53. The minimum atomic E-state index is -0.431. The standard InChI is InChI=1S/C22H28ClN3O2/c1-6-16-8-9-18(23)17(7-2)21(16)26-22(28)24-12-19(27)25-20-14(4)10-13(3)11-15(20)5/h8-11H,6-7,12H2,1-5H3,(H,25,27)(H2,24,26,28). The zero-order valence-electron chi connectivity index (χ0n) is 17.1. The SMILES string of the molecule is CCc1ccc(Cl)c(CC)c1NC(=O)NCC(=O)Nc1c(C)cc(C)cc1C. The van der Waals surface area contributed by atoms with E-state index in [0.29, 0.717) is 11.4 Å². The zero-order valence-corrected chi connectivity index (χ0v) is 17.9. The number of halogens is 1. The van der Waals surface area contributed by atoms with Gasteiger partial charge in [-0.05, 0) is 61.9 Å². The Morgan fingerprint density at radius 1 is 0.929 bits per heavy atom. The molecule has 0 saturated carbocycles. The van der Waals surface area contributed by atoms with Crippen LogP contribution in [0.1, 0.15) is 41.7 Å². The van der Waals surface area contributed by atoms with E-state index in [2.05, 4.69) is 16.0 Å². The largest absolute Gasteiger partial charge is 0.329 e. The van der Waals surface area contributed by atoms with Crippen LogP contribution in [-0.4, -0.2) is 18.5 Å². The molecule has 28 heavy (non-hydrogen) atoms. The number of urea groups is 1. The lowest BCUT2D eigenvalue weighted by molar-refractivity contribution is -0.115. The Balaban J connectivity index is 2.02. The quantitative estimate of drug-likeness (QED) is 0.626. The van der Waals surface area contributed by atoms with Gasteiger partial charge in [-0.1, -0.05) is 49.2 Å². The first-order valence-electron chi connectivity index (χ1n) is 9.49. The molecule has 0 aliphatic carbocycles. The third-order valence-corrected chi connectivity index (χ3v) is 5.02. The van der Waals surface area contributed by atoms with E-state index in [1.165, 1.54) is 0 Å². The van der Waals surface area contributed by atoms with Crippen LogP contribution in [-0.2, 0) is 17.6 Å². The van der Waals surface area contributed by atoms with Gasteiger partial charge in [0.05, 0.1) is 12.2 Å². The van der Waals surface area contributed by atoms with Gasteiger partial charge in [0, 0.05) is 10.7 Å². The van der Waals surface area contributed by atoms with E-state index in [0.717, 1.165) is 45.6 Å². The molecule has 150 valence electrons. The topological polar surface area (TPSA) is 70.2 Å². The van der Waals surface area contributed by atoms with Gasteiger partial charge in [0.15, 0.2) is 0 Å². The van der Waals surface area contributed by atoms with Crippen LogP contribution in [0, 0.1) is 20.8 Å². The van der Waals surface area contributed by atoms with Crippen molar-refractivity contribution in [2.45, 2.75) is 47.5 Å². The second-order valence-corrected chi connectivity index (χ2v) is 7.30. The van der Waals surface area contributed by atoms with Gasteiger partial charge in [0.1, 0.15) is 0 Å². The van der Waals surface area contributed by atoms with Gasteiger partial charge in [-0.15, -0.1) is 0 Å². The molecule has 0 unspecified atom stereocenters. The molecule has 3 N–H and O–H groups in total. The summed E-state index contributed by atoms with van der Waals surface area (Å²) >= 11 is 6.26. The monoisotopic (exact) mass is 401 g/mol. The fourth-order valence-corrected chi connectivity index (χ4v) is 3.64. The number of amides is 3. The molecule has 0 heterocycles. The van der Waals surface area contributed by atoms with Crippen molar-refractivity contribution in [1.29, 1.82) is 0 Å². The molecule has 0 fully saturated rings. The van der Waals surface area contributed by atoms with Crippen molar-refractivity contribution in [2.24, 2.45) is 0 Å². The highest BCUT2D eigenvalue weighted by Crippen LogP contribution is 2.29. The molecule has 0 atom stereocenters. The number of carbonyl (C=O) groups is 2. The highest BCUT2D eigenvalue weighted by Gasteiger charge is 2.14. The van der Waals surface area contributed by atoms with Crippen molar-refractivity contribution in [1.82, 2.24) is 5.32 Å². The second kappa shape index (κ2) is 9.60. The van der Waals surface area contributed by atoms with Crippen LogP contribution in [0.5, 0.6) is 0 Å². The van der Waals surface area contributed by atoms with E-state index >= 15 is 0 Å². The Labute approximate surface area is 171 Å². The number of hydrogen-bond acceptors (Lipinski definition) is 2. The van der Waals surface area contributed by atoms with Crippen LogP contribution < -0.4 is 16.0 Å². The van der Waals surface area contributed by atoms with Crippen molar-refractivity contribution in [3.63, 3.8) is 0 Å². The van der Waals surface area contributed by atoms with Crippen molar-refractivity contribution in [2.75, 3.05) is 17.2 Å². The summed E-state index contributed by atoms with van der Waals surface area (Å²) in [6.07, 6.45) is 1.47. The summed E-state index contributed by atoms with van der Waals surface area (Å²) in [6.45, 7) is 9.81. The smallest absolute Gasteiger partial charge is 0.319 e. The maximum absolute atomic E-state index is 12.4. The maximum Gasteiger partial charge on any atom is 0.319 e. The molecule has 0 bridgehead atoms. The summed E-state index contributed by atoms with van der Waals surface area (Å²) in [7, 11) is 0. The number of benzene rings is 2. The van der Waals surface area contributed by atoms with Gasteiger partial charge in [-0.2, -0.15) is 0 Å². The molecule has 0 aliphatic rings. The lowest BCUT2D eigenvalue weighted by atomic mass is 10.0. The summed E-state index contributed by atoms with van der Waals surface area (Å²) in [6, 6.07) is 7.36. The molecule has 5 nitrogen and oxygen atoms in total. The first kappa shape index (κ1) is 21.8. The normalized spacial score (nSPS) is 10.5. The molecule has 0 aliphatic heterocycles. The highest BCUT2D eigenvalue weighted by atomic mass is 35.5. The number of hydrogen-bond donors (Lipinski definition) is 3. The zero-order chi connectivity index (χ0) is 20.8. The van der Waals surface area contributed by atoms with Crippen LogP contribution in [0.3, 0.4) is 0 Å². The number of nitrogens with one attached hydrogen (secondary N) is 3. The van der Waals surface area contributed by atoms with Crippen molar-refractivity contribution in [3.8, 4) is 0 Å². The lowest BCUT2D eigenvalue weighted by Gasteiger charge is -2.17. The van der Waals surface area contributed by atoms with Crippen molar-refractivity contribution < 1.29 is 9.59 Å². The molecule has 3 amide bonds. The summed E-state index contributed by atoms with van der Waals surface area (Å²) in [5, 5.41) is 8.97. The van der Waals surface area contributed by atoms with E-state index in [9.17, 15) is 9.59 Å². The maximum atomic E-state index is 12.4. The predicted octanol–water partition coefficient (Wildman–Crippen LogP) is 5.15. The average molecular weight is 402 g/mol. The van der Waals surface area contributed by atoms with E-state index in [1.807, 2.05) is 58.9 Å². The molecule has 0 aromatic heterocycles. The molecule has 2 rings (SSSR count). The highest BCUT2D eigenvalue weighted by molar-refractivity contribution is 6.32. The molecule has 6 heteroatoms. The van der Waals surface area contributed by atoms with Crippen molar-refractivity contribution in [3.05, 3.63) is 57.1 Å². The fraction of sp³-hybridized carbons (Fsp3) is 0.364. The van der Waals surface area contributed by atoms with Crippen molar-refractivity contribution >= 4 is 34.9 Å². The van der Waals surface area contributed by atoms with Gasteiger partial charge in [-0.3, -0.25) is 4.79 Å². The number of anilines is 2. The number of aryl methyl sites for hydroxylation is 4. The summed E-state index contributed by atoms with van der Waals surface area (Å²) in [4.78, 5) is 24.6. The third kappa shape index (κ3) is 5.26. The Kier molecular flexibility index (Phi) is 7.46. The summed E-state index contributed by atoms with van der Waals surface area (Å²) < 4.78 is 0. The van der Waals surface area contributed by atoms with Gasteiger partial charge < -0.3 is 16.0 Å². The summed E-state index contributed by atoms with van der Waals surface area (Å²) in [5.41, 5.74) is 6.54. The Bertz CT molecular complexity index is 871. The van der Waals surface area contributed by atoms with Gasteiger partial charge >= 0.3 is 6.03 Å².